The van der Waals surface area contributed by atoms with Gasteiger partial charge >= 0.3 is 6.09 Å². The van der Waals surface area contributed by atoms with Crippen molar-refractivity contribution in [3.05, 3.63) is 53.5 Å². The zero-order valence-electron chi connectivity index (χ0n) is 11.8. The van der Waals surface area contributed by atoms with Gasteiger partial charge in [-0.25, -0.2) is 14.8 Å². The van der Waals surface area contributed by atoms with Crippen molar-refractivity contribution < 1.29 is 9.53 Å². The molecule has 22 heavy (non-hydrogen) atoms. The van der Waals surface area contributed by atoms with Gasteiger partial charge in [-0.3, -0.25) is 5.32 Å². The molecule has 0 spiro atoms. The van der Waals surface area contributed by atoms with Gasteiger partial charge in [0, 0.05) is 5.92 Å². The predicted octanol–water partition coefficient (Wildman–Crippen LogP) is 2.97. The summed E-state index contributed by atoms with van der Waals surface area (Å²) >= 11 is 0. The Balaban J connectivity index is 1.65. The van der Waals surface area contributed by atoms with Crippen LogP contribution in [0.4, 0.5) is 10.6 Å². The molecule has 2 aromatic rings. The van der Waals surface area contributed by atoms with Crippen molar-refractivity contribution in [2.24, 2.45) is 0 Å². The monoisotopic (exact) mass is 294 g/mol. The SMILES string of the molecule is N#Cc1cnc(C2CC2)nc1NC(=O)OCc1ccccc1. The number of anilines is 1. The summed E-state index contributed by atoms with van der Waals surface area (Å²) < 4.78 is 5.13. The second-order valence-corrected chi connectivity index (χ2v) is 5.06. The minimum Gasteiger partial charge on any atom is -0.444 e. The van der Waals surface area contributed by atoms with Gasteiger partial charge in [-0.1, -0.05) is 30.3 Å². The first kappa shape index (κ1) is 14.0. The highest BCUT2D eigenvalue weighted by molar-refractivity contribution is 5.84. The van der Waals surface area contributed by atoms with Crippen LogP contribution in [0.1, 0.15) is 35.7 Å². The maximum atomic E-state index is 11.8. The zero-order chi connectivity index (χ0) is 15.4. The number of nitriles is 1. The smallest absolute Gasteiger partial charge is 0.413 e. The number of hydrogen-bond donors (Lipinski definition) is 1. The van der Waals surface area contributed by atoms with E-state index < -0.39 is 6.09 Å². The van der Waals surface area contributed by atoms with Crippen LogP contribution >= 0.6 is 0 Å². The van der Waals surface area contributed by atoms with Crippen molar-refractivity contribution in [3.63, 3.8) is 0 Å². The first-order valence-electron chi connectivity index (χ1n) is 7.01. The van der Waals surface area contributed by atoms with Crippen molar-refractivity contribution >= 4 is 11.9 Å². The quantitative estimate of drug-likeness (QED) is 0.936. The second-order valence-electron chi connectivity index (χ2n) is 5.06. The summed E-state index contributed by atoms with van der Waals surface area (Å²) in [5.41, 5.74) is 1.11. The van der Waals surface area contributed by atoms with Gasteiger partial charge in [-0.15, -0.1) is 0 Å². The fourth-order valence-corrected chi connectivity index (χ4v) is 1.97. The van der Waals surface area contributed by atoms with E-state index in [0.717, 1.165) is 18.4 Å². The summed E-state index contributed by atoms with van der Waals surface area (Å²) in [7, 11) is 0. The normalized spacial score (nSPS) is 13.2. The van der Waals surface area contributed by atoms with Gasteiger partial charge in [-0.05, 0) is 18.4 Å². The molecule has 0 aliphatic heterocycles. The van der Waals surface area contributed by atoms with Crippen LogP contribution in [0.25, 0.3) is 0 Å². The molecule has 1 amide bonds. The summed E-state index contributed by atoms with van der Waals surface area (Å²) in [6.45, 7) is 0.162. The van der Waals surface area contributed by atoms with Gasteiger partial charge in [0.1, 0.15) is 24.1 Å². The molecule has 1 N–H and O–H groups in total. The maximum Gasteiger partial charge on any atom is 0.413 e. The van der Waals surface area contributed by atoms with E-state index in [4.69, 9.17) is 10.00 Å². The van der Waals surface area contributed by atoms with Crippen LogP contribution in [0.3, 0.4) is 0 Å². The highest BCUT2D eigenvalue weighted by atomic mass is 16.5. The molecule has 1 saturated carbocycles. The predicted molar refractivity (Wildman–Crippen MR) is 79.0 cm³/mol. The molecule has 1 fully saturated rings. The van der Waals surface area contributed by atoms with E-state index in [9.17, 15) is 4.79 Å². The summed E-state index contributed by atoms with van der Waals surface area (Å²) in [5, 5.41) is 11.6. The lowest BCUT2D eigenvalue weighted by Crippen LogP contribution is -2.16. The number of benzene rings is 1. The number of aromatic nitrogens is 2. The lowest BCUT2D eigenvalue weighted by molar-refractivity contribution is 0.155. The van der Waals surface area contributed by atoms with Crippen LogP contribution in [0, 0.1) is 11.3 Å². The molecule has 0 unspecified atom stereocenters. The average Bonchev–Trinajstić information content (AvgIpc) is 3.39. The Labute approximate surface area is 127 Å². The van der Waals surface area contributed by atoms with Crippen LogP contribution in [0.15, 0.2) is 36.5 Å². The third-order valence-corrected chi connectivity index (χ3v) is 3.30. The van der Waals surface area contributed by atoms with Crippen LogP contribution in [-0.4, -0.2) is 16.1 Å². The lowest BCUT2D eigenvalue weighted by atomic mass is 10.2. The Kier molecular flexibility index (Phi) is 3.97. The second kappa shape index (κ2) is 6.22. The van der Waals surface area contributed by atoms with E-state index in [1.165, 1.54) is 6.20 Å². The van der Waals surface area contributed by atoms with E-state index >= 15 is 0 Å². The molecule has 1 heterocycles. The zero-order valence-corrected chi connectivity index (χ0v) is 11.8. The van der Waals surface area contributed by atoms with Gasteiger partial charge in [0.05, 0.1) is 6.20 Å². The van der Waals surface area contributed by atoms with Crippen molar-refractivity contribution in [3.8, 4) is 6.07 Å². The summed E-state index contributed by atoms with van der Waals surface area (Å²) in [5.74, 6) is 1.21. The van der Waals surface area contributed by atoms with Crippen molar-refractivity contribution in [2.45, 2.75) is 25.4 Å². The standard InChI is InChI=1S/C16H14N4O2/c17-8-13-9-18-14(12-6-7-12)19-15(13)20-16(21)22-10-11-4-2-1-3-5-11/h1-5,9,12H,6-7,10H2,(H,18,19,20,21). The molecule has 0 radical (unpaired) electrons. The number of carbonyl (C=O) groups excluding carboxylic acids is 1. The molecule has 0 bridgehead atoms. The Morgan fingerprint density at radius 3 is 2.82 bits per heavy atom. The number of ether oxygens (including phenoxy) is 1. The summed E-state index contributed by atoms with van der Waals surface area (Å²) in [6, 6.07) is 11.3. The number of nitrogens with one attached hydrogen (secondary N) is 1. The van der Waals surface area contributed by atoms with Crippen molar-refractivity contribution in [1.29, 1.82) is 5.26 Å². The Morgan fingerprint density at radius 1 is 1.36 bits per heavy atom. The third kappa shape index (κ3) is 3.38. The Bertz CT molecular complexity index is 721. The molecular weight excluding hydrogens is 280 g/mol. The largest absolute Gasteiger partial charge is 0.444 e. The Morgan fingerprint density at radius 2 is 2.14 bits per heavy atom. The molecular formula is C16H14N4O2. The van der Waals surface area contributed by atoms with Gasteiger partial charge in [0.25, 0.3) is 0 Å². The van der Waals surface area contributed by atoms with Gasteiger partial charge < -0.3 is 4.74 Å². The van der Waals surface area contributed by atoms with Crippen LogP contribution in [-0.2, 0) is 11.3 Å². The molecule has 3 rings (SSSR count). The van der Waals surface area contributed by atoms with Gasteiger partial charge in [-0.2, -0.15) is 5.26 Å². The molecule has 110 valence electrons. The van der Waals surface area contributed by atoms with Gasteiger partial charge in [0.2, 0.25) is 0 Å². The minimum absolute atomic E-state index is 0.162. The fraction of sp³-hybridized carbons (Fsp3) is 0.250. The lowest BCUT2D eigenvalue weighted by Gasteiger charge is -2.08. The molecule has 6 nitrogen and oxygen atoms in total. The highest BCUT2D eigenvalue weighted by Gasteiger charge is 2.27. The van der Waals surface area contributed by atoms with E-state index in [1.54, 1.807) is 0 Å². The topological polar surface area (TPSA) is 87.9 Å². The molecule has 0 saturated heterocycles. The minimum atomic E-state index is -0.638. The van der Waals surface area contributed by atoms with Crippen molar-refractivity contribution in [1.82, 2.24) is 9.97 Å². The van der Waals surface area contributed by atoms with Gasteiger partial charge in [0.15, 0.2) is 5.82 Å². The van der Waals surface area contributed by atoms with E-state index in [2.05, 4.69) is 15.3 Å². The molecule has 1 aliphatic carbocycles. The van der Waals surface area contributed by atoms with E-state index in [1.807, 2.05) is 36.4 Å². The number of rotatable bonds is 4. The molecule has 1 aliphatic rings. The summed E-state index contributed by atoms with van der Waals surface area (Å²) in [4.78, 5) is 20.2. The third-order valence-electron chi connectivity index (χ3n) is 3.30. The van der Waals surface area contributed by atoms with E-state index in [-0.39, 0.29) is 18.0 Å². The maximum absolute atomic E-state index is 11.8. The number of hydrogen-bond acceptors (Lipinski definition) is 5. The Hall–Kier alpha value is -2.94. The van der Waals surface area contributed by atoms with Crippen LogP contribution < -0.4 is 5.32 Å². The van der Waals surface area contributed by atoms with E-state index in [0.29, 0.717) is 11.7 Å². The number of nitrogens with zero attached hydrogens (tertiary/aromatic N) is 3. The first-order chi connectivity index (χ1) is 10.8. The number of amides is 1. The van der Waals surface area contributed by atoms with Crippen LogP contribution in [0.5, 0.6) is 0 Å². The molecule has 1 aromatic carbocycles. The number of carbonyl (C=O) groups is 1. The van der Waals surface area contributed by atoms with Crippen LogP contribution in [0.2, 0.25) is 0 Å². The summed E-state index contributed by atoms with van der Waals surface area (Å²) in [6.07, 6.45) is 2.89. The molecule has 0 atom stereocenters. The average molecular weight is 294 g/mol. The molecule has 1 aromatic heterocycles. The molecule has 6 heteroatoms. The van der Waals surface area contributed by atoms with Crippen molar-refractivity contribution in [2.75, 3.05) is 5.32 Å². The first-order valence-corrected chi connectivity index (χ1v) is 7.01. The highest BCUT2D eigenvalue weighted by Crippen LogP contribution is 2.38. The fourth-order valence-electron chi connectivity index (χ4n) is 1.97.